The first-order chi connectivity index (χ1) is 15.2. The molecule has 2 aromatic rings. The molecule has 31 heavy (non-hydrogen) atoms. The first-order valence-electron chi connectivity index (χ1n) is 11.5. The summed E-state index contributed by atoms with van der Waals surface area (Å²) in [6, 6.07) is 6.78. The predicted octanol–water partition coefficient (Wildman–Crippen LogP) is 2.78. The van der Waals surface area contributed by atoms with Crippen LogP contribution in [0.3, 0.4) is 0 Å². The highest BCUT2D eigenvalue weighted by molar-refractivity contribution is 5.66. The van der Waals surface area contributed by atoms with E-state index in [0.29, 0.717) is 30.2 Å². The van der Waals surface area contributed by atoms with Crippen LogP contribution in [0.15, 0.2) is 30.5 Å². The van der Waals surface area contributed by atoms with Crippen molar-refractivity contribution in [1.29, 1.82) is 0 Å². The van der Waals surface area contributed by atoms with Crippen LogP contribution in [-0.2, 0) is 11.2 Å². The largest absolute Gasteiger partial charge is 0.508 e. The minimum Gasteiger partial charge on any atom is -0.508 e. The first-order valence-corrected chi connectivity index (χ1v) is 11.5. The van der Waals surface area contributed by atoms with Crippen LogP contribution in [0.25, 0.3) is 5.57 Å². The Morgan fingerprint density at radius 2 is 2.13 bits per heavy atom. The zero-order valence-corrected chi connectivity index (χ0v) is 18.3. The van der Waals surface area contributed by atoms with E-state index in [1.54, 1.807) is 7.11 Å². The second-order valence-corrected chi connectivity index (χ2v) is 9.10. The Balaban J connectivity index is 1.27. The zero-order chi connectivity index (χ0) is 21.4. The number of H-pyrrole nitrogens is 1. The van der Waals surface area contributed by atoms with Crippen LogP contribution in [0.5, 0.6) is 5.75 Å². The molecule has 0 spiro atoms. The number of aryl methyl sites for hydroxylation is 1. The van der Waals surface area contributed by atoms with Crippen LogP contribution in [-0.4, -0.2) is 47.4 Å². The van der Waals surface area contributed by atoms with Gasteiger partial charge in [0.05, 0.1) is 24.5 Å². The maximum Gasteiger partial charge on any atom is 0.125 e. The van der Waals surface area contributed by atoms with Gasteiger partial charge in [-0.05, 0) is 66.4 Å². The van der Waals surface area contributed by atoms with Crippen molar-refractivity contribution in [3.63, 3.8) is 0 Å². The van der Waals surface area contributed by atoms with Crippen molar-refractivity contribution in [2.24, 2.45) is 5.92 Å². The van der Waals surface area contributed by atoms with E-state index in [1.165, 1.54) is 23.1 Å². The molecule has 7 nitrogen and oxygen atoms in total. The van der Waals surface area contributed by atoms with Crippen molar-refractivity contribution in [3.05, 3.63) is 53.1 Å². The lowest BCUT2D eigenvalue weighted by molar-refractivity contribution is 0.184. The van der Waals surface area contributed by atoms with Gasteiger partial charge in [-0.15, -0.1) is 0 Å². The number of rotatable bonds is 6. The number of hydrazine groups is 1. The molecule has 1 saturated carbocycles. The van der Waals surface area contributed by atoms with E-state index in [9.17, 15) is 5.11 Å². The molecule has 3 aliphatic rings. The topological polar surface area (TPSA) is 94.2 Å². The number of ether oxygens (including phenoxy) is 1. The molecule has 0 amide bonds. The molecule has 1 aliphatic carbocycles. The number of methoxy groups -OCH3 is 1. The molecule has 1 aromatic carbocycles. The summed E-state index contributed by atoms with van der Waals surface area (Å²) in [5.41, 5.74) is 12.1. The highest BCUT2D eigenvalue weighted by atomic mass is 16.5. The minimum atomic E-state index is 0.204. The molecule has 2 fully saturated rings. The van der Waals surface area contributed by atoms with Gasteiger partial charge in [0.15, 0.2) is 0 Å². The van der Waals surface area contributed by atoms with Crippen LogP contribution in [0.2, 0.25) is 0 Å². The number of aromatic hydroxyl groups is 1. The van der Waals surface area contributed by atoms with Crippen molar-refractivity contribution in [1.82, 2.24) is 26.1 Å². The number of phenolic OH excluding ortho intramolecular Hbond substituents is 1. The predicted molar refractivity (Wildman–Crippen MR) is 121 cm³/mol. The van der Waals surface area contributed by atoms with Crippen molar-refractivity contribution >= 4 is 5.57 Å². The van der Waals surface area contributed by atoms with Gasteiger partial charge in [0.2, 0.25) is 0 Å². The van der Waals surface area contributed by atoms with Crippen LogP contribution < -0.4 is 16.2 Å². The van der Waals surface area contributed by atoms with E-state index in [0.717, 1.165) is 37.3 Å². The molecular weight excluding hydrogens is 390 g/mol. The molecule has 166 valence electrons. The molecule has 5 atom stereocenters. The summed E-state index contributed by atoms with van der Waals surface area (Å²) in [6.45, 7) is 3.69. The number of hydrogen-bond donors (Lipinski definition) is 5. The molecule has 0 radical (unpaired) electrons. The number of aromatic nitrogens is 2. The van der Waals surface area contributed by atoms with E-state index in [-0.39, 0.29) is 12.1 Å². The summed E-state index contributed by atoms with van der Waals surface area (Å²) in [5.74, 6) is 2.44. The van der Waals surface area contributed by atoms with E-state index in [2.05, 4.69) is 40.2 Å². The Hall–Kier alpha value is -2.19. The monoisotopic (exact) mass is 423 g/mol. The van der Waals surface area contributed by atoms with Gasteiger partial charge in [-0.2, -0.15) is 0 Å². The van der Waals surface area contributed by atoms with Crippen molar-refractivity contribution < 1.29 is 9.84 Å². The fraction of sp³-hybridized carbons (Fsp3) is 0.542. The Morgan fingerprint density at radius 3 is 2.97 bits per heavy atom. The van der Waals surface area contributed by atoms with E-state index in [1.807, 2.05) is 18.3 Å². The molecular formula is C24H33N5O2. The summed E-state index contributed by atoms with van der Waals surface area (Å²) in [5, 5.41) is 13.3. The van der Waals surface area contributed by atoms with Gasteiger partial charge in [0, 0.05) is 25.7 Å². The number of hydrogen-bond acceptors (Lipinski definition) is 6. The SMILES string of the molecule is CCc1cc(O)ccc1C1CCC2C(C1)NNC2c1ncc(C2=C[C@@H](COC)NC2)[nH]1. The third-order valence-corrected chi connectivity index (χ3v) is 7.24. The minimum absolute atomic E-state index is 0.204. The summed E-state index contributed by atoms with van der Waals surface area (Å²) in [7, 11) is 1.73. The van der Waals surface area contributed by atoms with E-state index in [4.69, 9.17) is 9.72 Å². The van der Waals surface area contributed by atoms with Crippen LogP contribution in [0.1, 0.15) is 60.8 Å². The fourth-order valence-electron chi connectivity index (χ4n) is 5.64. The highest BCUT2D eigenvalue weighted by Gasteiger charge is 2.42. The van der Waals surface area contributed by atoms with Gasteiger partial charge < -0.3 is 20.1 Å². The van der Waals surface area contributed by atoms with Crippen molar-refractivity contribution in [2.75, 3.05) is 20.3 Å². The molecule has 0 bridgehead atoms. The number of nitrogens with zero attached hydrogens (tertiary/aromatic N) is 1. The van der Waals surface area contributed by atoms with Crippen molar-refractivity contribution in [2.45, 2.75) is 56.7 Å². The quantitative estimate of drug-likeness (QED) is 0.491. The second-order valence-electron chi connectivity index (χ2n) is 9.10. The second kappa shape index (κ2) is 8.74. The number of phenols is 1. The maximum atomic E-state index is 9.85. The average molecular weight is 424 g/mol. The van der Waals surface area contributed by atoms with Gasteiger partial charge >= 0.3 is 0 Å². The summed E-state index contributed by atoms with van der Waals surface area (Å²) in [4.78, 5) is 8.30. The lowest BCUT2D eigenvalue weighted by Crippen LogP contribution is -2.35. The fourth-order valence-corrected chi connectivity index (χ4v) is 5.64. The lowest BCUT2D eigenvalue weighted by atomic mass is 9.73. The molecule has 2 aliphatic heterocycles. The van der Waals surface area contributed by atoms with Gasteiger partial charge in [-0.25, -0.2) is 10.4 Å². The Bertz CT molecular complexity index is 955. The standard InChI is InChI=1S/C24H33N5O2/c1-3-14-9-18(30)5-7-19(14)15-4-6-20-21(10-15)28-29-23(20)24-26-12-22(27-24)16-8-17(13-31-2)25-11-16/h5,7-9,12,15,17,20-21,23,25,28-30H,3-4,6,10-11,13H2,1-2H3,(H,26,27)/t15?,17-,20?,21?,23?/m0/s1. The third-order valence-electron chi connectivity index (χ3n) is 7.24. The Kier molecular flexibility index (Phi) is 5.84. The summed E-state index contributed by atoms with van der Waals surface area (Å²) >= 11 is 0. The summed E-state index contributed by atoms with van der Waals surface area (Å²) < 4.78 is 5.25. The smallest absolute Gasteiger partial charge is 0.125 e. The lowest BCUT2D eigenvalue weighted by Gasteiger charge is -2.33. The number of imidazole rings is 1. The van der Waals surface area contributed by atoms with Gasteiger partial charge in [-0.1, -0.05) is 19.1 Å². The van der Waals surface area contributed by atoms with Gasteiger partial charge in [-0.3, -0.25) is 5.43 Å². The van der Waals surface area contributed by atoms with E-state index >= 15 is 0 Å². The van der Waals surface area contributed by atoms with Gasteiger partial charge in [0.25, 0.3) is 0 Å². The van der Waals surface area contributed by atoms with Crippen LogP contribution in [0, 0.1) is 5.92 Å². The number of fused-ring (bicyclic) bond motifs is 1. The number of nitrogens with one attached hydrogen (secondary N) is 4. The van der Waals surface area contributed by atoms with Crippen molar-refractivity contribution in [3.8, 4) is 5.75 Å². The molecule has 7 heteroatoms. The normalized spacial score (nSPS) is 30.4. The van der Waals surface area contributed by atoms with Crippen LogP contribution >= 0.6 is 0 Å². The number of aromatic amines is 1. The molecule has 3 heterocycles. The maximum absolute atomic E-state index is 9.85. The van der Waals surface area contributed by atoms with Crippen LogP contribution in [0.4, 0.5) is 0 Å². The molecule has 4 unspecified atom stereocenters. The molecule has 1 saturated heterocycles. The summed E-state index contributed by atoms with van der Waals surface area (Å²) in [6.07, 6.45) is 8.57. The van der Waals surface area contributed by atoms with Gasteiger partial charge in [0.1, 0.15) is 11.6 Å². The highest BCUT2D eigenvalue weighted by Crippen LogP contribution is 2.44. The zero-order valence-electron chi connectivity index (χ0n) is 18.3. The van der Waals surface area contributed by atoms with E-state index < -0.39 is 0 Å². The molecule has 5 rings (SSSR count). The Morgan fingerprint density at radius 1 is 1.23 bits per heavy atom. The average Bonchev–Trinajstić information content (AvgIpc) is 3.52. The molecule has 1 aromatic heterocycles. The Labute approximate surface area is 183 Å². The molecule has 5 N–H and O–H groups in total. The first kappa shape index (κ1) is 20.7. The number of benzene rings is 1. The third kappa shape index (κ3) is 4.03.